The molecule has 2 atom stereocenters. The molecule has 0 unspecified atom stereocenters. The second-order valence-electron chi connectivity index (χ2n) is 6.42. The van der Waals surface area contributed by atoms with Gasteiger partial charge in [-0.1, -0.05) is 18.2 Å². The molecule has 0 spiro atoms. The van der Waals surface area contributed by atoms with Crippen LogP contribution in [0.5, 0.6) is 11.5 Å². The summed E-state index contributed by atoms with van der Waals surface area (Å²) in [6.45, 7) is 1.11. The molecule has 3 N–H and O–H groups in total. The topological polar surface area (TPSA) is 128 Å². The fourth-order valence-electron chi connectivity index (χ4n) is 4.11. The Kier molecular flexibility index (Phi) is 4.77. The van der Waals surface area contributed by atoms with Crippen molar-refractivity contribution in [2.75, 3.05) is 27.3 Å². The summed E-state index contributed by atoms with van der Waals surface area (Å²) in [4.78, 5) is 0. The molecule has 0 radical (unpaired) electrons. The quantitative estimate of drug-likeness (QED) is 0.838. The van der Waals surface area contributed by atoms with E-state index in [4.69, 9.17) is 15.2 Å². The van der Waals surface area contributed by atoms with E-state index in [0.29, 0.717) is 30.2 Å². The van der Waals surface area contributed by atoms with Gasteiger partial charge in [-0.3, -0.25) is 0 Å². The third-order valence-corrected chi connectivity index (χ3v) is 5.31. The number of fused-ring (bicyclic) bond motifs is 1. The van der Waals surface area contributed by atoms with Gasteiger partial charge in [0.2, 0.25) is 0 Å². The molecular weight excluding hydrogens is 342 g/mol. The van der Waals surface area contributed by atoms with Crippen molar-refractivity contribution in [3.63, 3.8) is 0 Å². The van der Waals surface area contributed by atoms with Crippen molar-refractivity contribution in [3.05, 3.63) is 46.7 Å². The van der Waals surface area contributed by atoms with E-state index < -0.39 is 11.3 Å². The van der Waals surface area contributed by atoms with Crippen LogP contribution < -0.4 is 20.5 Å². The van der Waals surface area contributed by atoms with E-state index in [9.17, 15) is 15.8 Å². The van der Waals surface area contributed by atoms with Crippen LogP contribution in [0.15, 0.2) is 41.1 Å². The van der Waals surface area contributed by atoms with E-state index in [1.807, 2.05) is 12.1 Å². The fourth-order valence-corrected chi connectivity index (χ4v) is 4.11. The summed E-state index contributed by atoms with van der Waals surface area (Å²) in [6, 6.07) is 11.7. The first kappa shape index (κ1) is 18.3. The lowest BCUT2D eigenvalue weighted by Gasteiger charge is -2.43. The van der Waals surface area contributed by atoms with Crippen LogP contribution >= 0.6 is 0 Å². The molecule has 1 aliphatic carbocycles. The molecule has 3 rings (SSSR count). The second-order valence-corrected chi connectivity index (χ2v) is 6.42. The minimum Gasteiger partial charge on any atom is -0.493 e. The van der Waals surface area contributed by atoms with Gasteiger partial charge in [-0.15, -0.1) is 0 Å². The van der Waals surface area contributed by atoms with Crippen molar-refractivity contribution in [1.82, 2.24) is 5.32 Å². The molecule has 136 valence electrons. The van der Waals surface area contributed by atoms with E-state index in [2.05, 4.69) is 23.5 Å². The Morgan fingerprint density at radius 1 is 1.19 bits per heavy atom. The molecule has 7 nitrogen and oxygen atoms in total. The van der Waals surface area contributed by atoms with E-state index in [-0.39, 0.29) is 17.2 Å². The summed E-state index contributed by atoms with van der Waals surface area (Å²) < 4.78 is 11.0. The molecule has 27 heavy (non-hydrogen) atoms. The van der Waals surface area contributed by atoms with Crippen LogP contribution in [-0.2, 0) is 0 Å². The van der Waals surface area contributed by atoms with Crippen LogP contribution in [0.4, 0.5) is 0 Å². The number of methoxy groups -OCH3 is 2. The van der Waals surface area contributed by atoms with Crippen LogP contribution in [0, 0.1) is 45.3 Å². The van der Waals surface area contributed by atoms with E-state index in [1.165, 1.54) is 14.2 Å². The molecule has 7 heteroatoms. The average molecular weight is 361 g/mol. The Labute approximate surface area is 157 Å². The molecule has 1 heterocycles. The lowest BCUT2D eigenvalue weighted by molar-refractivity contribution is 0.305. The molecule has 1 aliphatic heterocycles. The number of nitrogens with zero attached hydrogens (tertiary/aromatic N) is 3. The number of rotatable bonds is 3. The van der Waals surface area contributed by atoms with Crippen molar-refractivity contribution in [3.8, 4) is 29.7 Å². The Hall–Kier alpha value is -3.47. The van der Waals surface area contributed by atoms with Gasteiger partial charge in [-0.25, -0.2) is 0 Å². The predicted molar refractivity (Wildman–Crippen MR) is 97.2 cm³/mol. The monoisotopic (exact) mass is 361 g/mol. The second kappa shape index (κ2) is 7.03. The number of hydrogen-bond donors (Lipinski definition) is 2. The summed E-state index contributed by atoms with van der Waals surface area (Å²) in [5.74, 6) is 0.0652. The van der Waals surface area contributed by atoms with Gasteiger partial charge in [-0.05, 0) is 11.6 Å². The van der Waals surface area contributed by atoms with E-state index in [0.717, 1.165) is 5.57 Å². The number of para-hydroxylation sites is 1. The zero-order valence-electron chi connectivity index (χ0n) is 15.1. The van der Waals surface area contributed by atoms with Crippen LogP contribution in [0.2, 0.25) is 0 Å². The smallest absolute Gasteiger partial charge is 0.191 e. The highest BCUT2D eigenvalue weighted by Crippen LogP contribution is 2.56. The highest BCUT2D eigenvalue weighted by molar-refractivity contribution is 5.62. The minimum absolute atomic E-state index is 0.00530. The first-order valence-corrected chi connectivity index (χ1v) is 8.44. The number of allylic oxidation sites excluding steroid dienone is 2. The van der Waals surface area contributed by atoms with Crippen molar-refractivity contribution < 1.29 is 9.47 Å². The normalized spacial score (nSPS) is 23.1. The molecule has 0 fully saturated rings. The standard InChI is InChI=1S/C20H19N5O2/c1-26-16-5-3-4-13(18(16)27-2)17-15-9-25-7-6-12(15)14(8-21)19(24)20(17,10-22)11-23/h3-6,15,17,25H,7,9,24H2,1-2H3/t15-,17+/m0/s1. The molecule has 1 aromatic carbocycles. The van der Waals surface area contributed by atoms with Gasteiger partial charge in [0.25, 0.3) is 0 Å². The van der Waals surface area contributed by atoms with Gasteiger partial charge < -0.3 is 20.5 Å². The summed E-state index contributed by atoms with van der Waals surface area (Å²) in [7, 11) is 3.04. The SMILES string of the molecule is COc1cccc([C@@H]2[C@H]3CNCC=C3C(C#N)=C(N)C2(C#N)C#N)c1OC. The van der Waals surface area contributed by atoms with Crippen molar-refractivity contribution in [2.45, 2.75) is 5.92 Å². The first-order chi connectivity index (χ1) is 13.1. The highest BCUT2D eigenvalue weighted by Gasteiger charge is 2.54. The Bertz CT molecular complexity index is 944. The third-order valence-electron chi connectivity index (χ3n) is 5.31. The summed E-state index contributed by atoms with van der Waals surface area (Å²) in [5.41, 5.74) is 6.22. The van der Waals surface area contributed by atoms with Crippen molar-refractivity contribution >= 4 is 0 Å². The van der Waals surface area contributed by atoms with Gasteiger partial charge in [0.05, 0.1) is 37.6 Å². The molecule has 2 aliphatic rings. The highest BCUT2D eigenvalue weighted by atomic mass is 16.5. The number of nitriles is 3. The van der Waals surface area contributed by atoms with Crippen molar-refractivity contribution in [1.29, 1.82) is 15.8 Å². The fraction of sp³-hybridized carbons (Fsp3) is 0.350. The molecule has 1 aromatic rings. The predicted octanol–water partition coefficient (Wildman–Crippen LogP) is 1.72. The lowest BCUT2D eigenvalue weighted by atomic mass is 9.58. The maximum atomic E-state index is 10.0. The number of hydrogen-bond acceptors (Lipinski definition) is 7. The average Bonchev–Trinajstić information content (AvgIpc) is 2.72. The molecule has 0 saturated heterocycles. The zero-order valence-corrected chi connectivity index (χ0v) is 15.1. The van der Waals surface area contributed by atoms with Crippen molar-refractivity contribution in [2.24, 2.45) is 17.1 Å². The van der Waals surface area contributed by atoms with E-state index >= 15 is 0 Å². The van der Waals surface area contributed by atoms with Crippen LogP contribution in [0.1, 0.15) is 11.5 Å². The Morgan fingerprint density at radius 3 is 2.52 bits per heavy atom. The molecular formula is C20H19N5O2. The molecule has 0 aromatic heterocycles. The van der Waals surface area contributed by atoms with Gasteiger partial charge in [0.1, 0.15) is 6.07 Å². The van der Waals surface area contributed by atoms with E-state index in [1.54, 1.807) is 12.1 Å². The number of nitrogens with one attached hydrogen (secondary N) is 1. The third kappa shape index (κ3) is 2.51. The maximum absolute atomic E-state index is 10.0. The largest absolute Gasteiger partial charge is 0.493 e. The summed E-state index contributed by atoms with van der Waals surface area (Å²) >= 11 is 0. The molecule has 0 saturated carbocycles. The minimum atomic E-state index is -1.69. The Balaban J connectivity index is 2.38. The molecule has 0 amide bonds. The maximum Gasteiger partial charge on any atom is 0.191 e. The first-order valence-electron chi connectivity index (χ1n) is 8.44. The Morgan fingerprint density at radius 2 is 1.93 bits per heavy atom. The lowest BCUT2D eigenvalue weighted by Crippen LogP contribution is -2.47. The summed E-state index contributed by atoms with van der Waals surface area (Å²) in [6.07, 6.45) is 1.90. The van der Waals surface area contributed by atoms with Gasteiger partial charge >= 0.3 is 0 Å². The molecule has 0 bridgehead atoms. The van der Waals surface area contributed by atoms with Crippen LogP contribution in [0.3, 0.4) is 0 Å². The summed E-state index contributed by atoms with van der Waals surface area (Å²) in [5, 5.41) is 33.0. The van der Waals surface area contributed by atoms with Gasteiger partial charge in [0.15, 0.2) is 16.9 Å². The number of ether oxygens (including phenoxy) is 2. The van der Waals surface area contributed by atoms with Crippen LogP contribution in [0.25, 0.3) is 0 Å². The zero-order chi connectivity index (χ0) is 19.6. The van der Waals surface area contributed by atoms with Gasteiger partial charge in [0, 0.05) is 30.5 Å². The number of nitrogens with two attached hydrogens (primary N) is 1. The van der Waals surface area contributed by atoms with Gasteiger partial charge in [-0.2, -0.15) is 15.8 Å². The number of benzene rings is 1. The van der Waals surface area contributed by atoms with Crippen LogP contribution in [-0.4, -0.2) is 27.3 Å².